The second-order valence-corrected chi connectivity index (χ2v) is 5.75. The normalized spacial score (nSPS) is 15.7. The van der Waals surface area contributed by atoms with Crippen molar-refractivity contribution in [1.29, 1.82) is 0 Å². The highest BCUT2D eigenvalue weighted by atomic mass is 15.5. The van der Waals surface area contributed by atoms with Crippen molar-refractivity contribution < 1.29 is 0 Å². The van der Waals surface area contributed by atoms with E-state index in [0.717, 1.165) is 30.9 Å². The van der Waals surface area contributed by atoms with Crippen LogP contribution in [0.4, 0.5) is 0 Å². The molecule has 1 aromatic heterocycles. The van der Waals surface area contributed by atoms with Crippen LogP contribution in [0, 0.1) is 0 Å². The van der Waals surface area contributed by atoms with Gasteiger partial charge in [-0.2, -0.15) is 4.68 Å². The Bertz CT molecular complexity index is 604. The zero-order valence-corrected chi connectivity index (χ0v) is 12.8. The molecule has 0 saturated heterocycles. The lowest BCUT2D eigenvalue weighted by Crippen LogP contribution is -2.23. The minimum absolute atomic E-state index is 0.152. The van der Waals surface area contributed by atoms with Crippen molar-refractivity contribution in [3.05, 3.63) is 35.2 Å². The summed E-state index contributed by atoms with van der Waals surface area (Å²) >= 11 is 0. The van der Waals surface area contributed by atoms with Crippen LogP contribution in [0.2, 0.25) is 0 Å². The summed E-state index contributed by atoms with van der Waals surface area (Å²) < 4.78 is 1.91. The fourth-order valence-electron chi connectivity index (χ4n) is 3.05. The Kier molecular flexibility index (Phi) is 4.29. The van der Waals surface area contributed by atoms with Crippen LogP contribution in [0.15, 0.2) is 18.2 Å². The molecule has 5 nitrogen and oxygen atoms in total. The number of aromatic nitrogens is 4. The van der Waals surface area contributed by atoms with Crippen LogP contribution in [0.1, 0.15) is 56.1 Å². The maximum atomic E-state index is 4.24. The molecule has 0 amide bonds. The minimum atomic E-state index is 0.152. The van der Waals surface area contributed by atoms with E-state index in [1.54, 1.807) is 0 Å². The third-order valence-electron chi connectivity index (χ3n) is 4.18. The fourth-order valence-corrected chi connectivity index (χ4v) is 3.05. The van der Waals surface area contributed by atoms with Gasteiger partial charge in [-0.15, -0.1) is 5.10 Å². The van der Waals surface area contributed by atoms with Crippen molar-refractivity contribution in [2.75, 3.05) is 6.54 Å². The molecular weight excluding hydrogens is 262 g/mol. The van der Waals surface area contributed by atoms with E-state index < -0.39 is 0 Å². The Morgan fingerprint density at radius 1 is 1.29 bits per heavy atom. The lowest BCUT2D eigenvalue weighted by molar-refractivity contribution is 0.530. The van der Waals surface area contributed by atoms with E-state index in [1.807, 2.05) is 4.68 Å². The molecule has 1 N–H and O–H groups in total. The molecule has 2 aromatic rings. The van der Waals surface area contributed by atoms with Crippen LogP contribution in [0.3, 0.4) is 0 Å². The van der Waals surface area contributed by atoms with E-state index in [1.165, 1.54) is 30.4 Å². The number of rotatable bonds is 5. The Labute approximate surface area is 125 Å². The van der Waals surface area contributed by atoms with Gasteiger partial charge >= 0.3 is 0 Å². The third kappa shape index (κ3) is 2.83. The van der Waals surface area contributed by atoms with Crippen molar-refractivity contribution in [2.24, 2.45) is 0 Å². The van der Waals surface area contributed by atoms with Gasteiger partial charge in [0.05, 0.1) is 11.7 Å². The van der Waals surface area contributed by atoms with E-state index in [9.17, 15) is 0 Å². The highest BCUT2D eigenvalue weighted by Gasteiger charge is 2.20. The van der Waals surface area contributed by atoms with E-state index in [0.29, 0.717) is 0 Å². The first-order chi connectivity index (χ1) is 10.3. The zero-order valence-electron chi connectivity index (χ0n) is 12.8. The molecule has 112 valence electrons. The summed E-state index contributed by atoms with van der Waals surface area (Å²) in [5.74, 6) is 0.891. The second-order valence-electron chi connectivity index (χ2n) is 5.75. The first-order valence-corrected chi connectivity index (χ1v) is 7.94. The maximum Gasteiger partial charge on any atom is 0.173 e. The third-order valence-corrected chi connectivity index (χ3v) is 4.18. The summed E-state index contributed by atoms with van der Waals surface area (Å²) in [5.41, 5.74) is 4.02. The van der Waals surface area contributed by atoms with Crippen molar-refractivity contribution in [1.82, 2.24) is 25.5 Å². The van der Waals surface area contributed by atoms with Gasteiger partial charge in [-0.1, -0.05) is 19.1 Å². The zero-order chi connectivity index (χ0) is 14.7. The van der Waals surface area contributed by atoms with Gasteiger partial charge in [-0.05, 0) is 73.2 Å². The average Bonchev–Trinajstić information content (AvgIpc) is 3.01. The van der Waals surface area contributed by atoms with Crippen molar-refractivity contribution in [3.8, 4) is 5.69 Å². The number of fused-ring (bicyclic) bond motifs is 1. The molecule has 0 saturated carbocycles. The summed E-state index contributed by atoms with van der Waals surface area (Å²) in [6.45, 7) is 5.25. The molecule has 0 aliphatic heterocycles. The molecule has 0 radical (unpaired) electrons. The van der Waals surface area contributed by atoms with Crippen LogP contribution < -0.4 is 5.32 Å². The summed E-state index contributed by atoms with van der Waals surface area (Å²) in [5, 5.41) is 15.8. The fraction of sp³-hybridized carbons (Fsp3) is 0.562. The molecule has 1 aliphatic carbocycles. The predicted molar refractivity (Wildman–Crippen MR) is 82.5 cm³/mol. The Morgan fingerprint density at radius 3 is 3.00 bits per heavy atom. The maximum absolute atomic E-state index is 4.24. The molecule has 1 aliphatic rings. The summed E-state index contributed by atoms with van der Waals surface area (Å²) in [6.07, 6.45) is 5.94. The number of benzene rings is 1. The smallest absolute Gasteiger partial charge is 0.173 e. The van der Waals surface area contributed by atoms with Crippen LogP contribution in [0.5, 0.6) is 0 Å². The molecule has 3 rings (SSSR count). The molecule has 1 unspecified atom stereocenters. The van der Waals surface area contributed by atoms with Crippen LogP contribution in [-0.4, -0.2) is 26.8 Å². The van der Waals surface area contributed by atoms with Gasteiger partial charge in [0.1, 0.15) is 0 Å². The molecule has 21 heavy (non-hydrogen) atoms. The summed E-state index contributed by atoms with van der Waals surface area (Å²) in [4.78, 5) is 0. The Morgan fingerprint density at radius 2 is 2.14 bits per heavy atom. The summed E-state index contributed by atoms with van der Waals surface area (Å²) in [6, 6.07) is 6.64. The Balaban J connectivity index is 1.96. The predicted octanol–water partition coefficient (Wildman–Crippen LogP) is 2.60. The summed E-state index contributed by atoms with van der Waals surface area (Å²) in [7, 11) is 0. The number of hydrogen-bond acceptors (Lipinski definition) is 4. The molecule has 1 atom stereocenters. The number of nitrogens with zero attached hydrogens (tertiary/aromatic N) is 4. The average molecular weight is 285 g/mol. The number of aryl methyl sites for hydroxylation is 1. The van der Waals surface area contributed by atoms with Gasteiger partial charge < -0.3 is 5.32 Å². The molecule has 0 spiro atoms. The number of nitrogens with one attached hydrogen (secondary N) is 1. The molecular formula is C16H23N5. The van der Waals surface area contributed by atoms with Gasteiger partial charge in [-0.25, -0.2) is 0 Å². The van der Waals surface area contributed by atoms with Crippen molar-refractivity contribution >= 4 is 0 Å². The van der Waals surface area contributed by atoms with Crippen LogP contribution in [-0.2, 0) is 12.8 Å². The largest absolute Gasteiger partial charge is 0.307 e. The highest BCUT2D eigenvalue weighted by molar-refractivity contribution is 5.47. The van der Waals surface area contributed by atoms with Crippen LogP contribution in [0.25, 0.3) is 5.69 Å². The lowest BCUT2D eigenvalue weighted by atomic mass is 9.90. The molecule has 5 heteroatoms. The Hall–Kier alpha value is -1.75. The van der Waals surface area contributed by atoms with E-state index in [2.05, 4.69) is 52.9 Å². The van der Waals surface area contributed by atoms with E-state index in [-0.39, 0.29) is 6.04 Å². The van der Waals surface area contributed by atoms with E-state index >= 15 is 0 Å². The van der Waals surface area contributed by atoms with Gasteiger partial charge in [0.25, 0.3) is 0 Å². The van der Waals surface area contributed by atoms with Crippen molar-refractivity contribution in [3.63, 3.8) is 0 Å². The van der Waals surface area contributed by atoms with E-state index in [4.69, 9.17) is 0 Å². The van der Waals surface area contributed by atoms with Gasteiger partial charge in [0, 0.05) is 0 Å². The highest BCUT2D eigenvalue weighted by Crippen LogP contribution is 2.27. The van der Waals surface area contributed by atoms with Gasteiger partial charge in [-0.3, -0.25) is 0 Å². The SMILES string of the molecule is CCCNC(C)c1nnnn1-c1cccc2c1CCCC2. The molecule has 1 aromatic carbocycles. The number of tetrazole rings is 1. The van der Waals surface area contributed by atoms with Gasteiger partial charge in [0.2, 0.25) is 0 Å². The molecule has 0 bridgehead atoms. The minimum Gasteiger partial charge on any atom is -0.307 e. The standard InChI is InChI=1S/C16H23N5/c1-3-11-17-12(2)16-18-19-20-21(16)15-10-6-8-13-7-4-5-9-14(13)15/h6,8,10,12,17H,3-5,7,9,11H2,1-2H3. The van der Waals surface area contributed by atoms with Crippen LogP contribution >= 0.6 is 0 Å². The second kappa shape index (κ2) is 6.35. The van der Waals surface area contributed by atoms with Gasteiger partial charge in [0.15, 0.2) is 5.82 Å². The first kappa shape index (κ1) is 14.2. The monoisotopic (exact) mass is 285 g/mol. The first-order valence-electron chi connectivity index (χ1n) is 7.94. The number of hydrogen-bond donors (Lipinski definition) is 1. The quantitative estimate of drug-likeness (QED) is 0.917. The topological polar surface area (TPSA) is 55.6 Å². The lowest BCUT2D eigenvalue weighted by Gasteiger charge is -2.20. The van der Waals surface area contributed by atoms with Crippen molar-refractivity contribution in [2.45, 2.75) is 52.0 Å². The molecule has 0 fully saturated rings. The molecule has 1 heterocycles.